The van der Waals surface area contributed by atoms with Gasteiger partial charge in [-0.05, 0) is 31.0 Å². The van der Waals surface area contributed by atoms with Crippen molar-refractivity contribution < 1.29 is 13.2 Å². The van der Waals surface area contributed by atoms with Gasteiger partial charge >= 0.3 is 6.18 Å². The topological polar surface area (TPSA) is 38.0 Å². The van der Waals surface area contributed by atoms with E-state index in [0.717, 1.165) is 31.7 Å². The molecule has 0 heterocycles. The standard InChI is InChI=1S/C14H17F3N2S/c15-14(16,17)12-7-6-10(8-11(12)13(18)20)19-9-4-2-1-3-5-9/h6-9,19H,1-5H2,(H2,18,20). The van der Waals surface area contributed by atoms with Crippen molar-refractivity contribution >= 4 is 22.9 Å². The molecule has 0 unspecified atom stereocenters. The van der Waals surface area contributed by atoms with Crippen molar-refractivity contribution in [3.05, 3.63) is 29.3 Å². The molecule has 0 aromatic heterocycles. The van der Waals surface area contributed by atoms with Gasteiger partial charge in [-0.1, -0.05) is 31.5 Å². The van der Waals surface area contributed by atoms with E-state index in [-0.39, 0.29) is 10.6 Å². The summed E-state index contributed by atoms with van der Waals surface area (Å²) >= 11 is 4.73. The van der Waals surface area contributed by atoms with Crippen LogP contribution in [0.5, 0.6) is 0 Å². The number of anilines is 1. The maximum absolute atomic E-state index is 12.9. The van der Waals surface area contributed by atoms with Gasteiger partial charge in [-0.25, -0.2) is 0 Å². The molecule has 1 aromatic rings. The monoisotopic (exact) mass is 302 g/mol. The van der Waals surface area contributed by atoms with Crippen molar-refractivity contribution in [2.75, 3.05) is 5.32 Å². The fourth-order valence-electron chi connectivity index (χ4n) is 2.57. The first kappa shape index (κ1) is 15.1. The Hall–Kier alpha value is -1.30. The molecule has 1 aliphatic rings. The number of nitrogens with one attached hydrogen (secondary N) is 1. The molecule has 1 aliphatic carbocycles. The average molecular weight is 302 g/mol. The van der Waals surface area contributed by atoms with Gasteiger partial charge in [0, 0.05) is 17.3 Å². The van der Waals surface area contributed by atoms with E-state index in [0.29, 0.717) is 11.7 Å². The van der Waals surface area contributed by atoms with Gasteiger partial charge in [0.25, 0.3) is 0 Å². The molecule has 6 heteroatoms. The highest BCUT2D eigenvalue weighted by Crippen LogP contribution is 2.34. The number of halogens is 3. The van der Waals surface area contributed by atoms with Gasteiger partial charge in [0.15, 0.2) is 0 Å². The molecule has 2 rings (SSSR count). The Morgan fingerprint density at radius 1 is 1.20 bits per heavy atom. The summed E-state index contributed by atoms with van der Waals surface area (Å²) in [5, 5.41) is 3.27. The smallest absolute Gasteiger partial charge is 0.389 e. The van der Waals surface area contributed by atoms with Crippen LogP contribution >= 0.6 is 12.2 Å². The van der Waals surface area contributed by atoms with Gasteiger partial charge < -0.3 is 11.1 Å². The number of benzene rings is 1. The zero-order valence-corrected chi connectivity index (χ0v) is 11.8. The fourth-order valence-corrected chi connectivity index (χ4v) is 2.74. The van der Waals surface area contributed by atoms with Crippen molar-refractivity contribution in [3.8, 4) is 0 Å². The summed E-state index contributed by atoms with van der Waals surface area (Å²) in [6.07, 6.45) is 1.18. The zero-order chi connectivity index (χ0) is 14.8. The van der Waals surface area contributed by atoms with E-state index in [1.54, 1.807) is 0 Å². The highest BCUT2D eigenvalue weighted by Gasteiger charge is 2.34. The molecular formula is C14H17F3N2S. The molecule has 3 N–H and O–H groups in total. The maximum Gasteiger partial charge on any atom is 0.417 e. The van der Waals surface area contributed by atoms with E-state index < -0.39 is 11.7 Å². The third-order valence-corrected chi connectivity index (χ3v) is 3.79. The molecule has 1 saturated carbocycles. The minimum atomic E-state index is -4.44. The summed E-state index contributed by atoms with van der Waals surface area (Å²) < 4.78 is 38.6. The molecule has 0 saturated heterocycles. The van der Waals surface area contributed by atoms with Crippen LogP contribution in [0.1, 0.15) is 43.2 Å². The van der Waals surface area contributed by atoms with Crippen molar-refractivity contribution in [2.24, 2.45) is 5.73 Å². The molecule has 20 heavy (non-hydrogen) atoms. The lowest BCUT2D eigenvalue weighted by Crippen LogP contribution is -2.23. The molecular weight excluding hydrogens is 285 g/mol. The molecule has 110 valence electrons. The number of alkyl halides is 3. The largest absolute Gasteiger partial charge is 0.417 e. The van der Waals surface area contributed by atoms with E-state index >= 15 is 0 Å². The quantitative estimate of drug-likeness (QED) is 0.826. The molecule has 2 nitrogen and oxygen atoms in total. The van der Waals surface area contributed by atoms with E-state index in [9.17, 15) is 13.2 Å². The Labute approximate surface area is 121 Å². The summed E-state index contributed by atoms with van der Waals surface area (Å²) in [6.45, 7) is 0. The highest BCUT2D eigenvalue weighted by atomic mass is 32.1. The fraction of sp³-hybridized carbons (Fsp3) is 0.500. The van der Waals surface area contributed by atoms with E-state index in [1.807, 2.05) is 0 Å². The minimum absolute atomic E-state index is 0.117. The third kappa shape index (κ3) is 3.62. The summed E-state index contributed by atoms with van der Waals surface area (Å²) in [5.74, 6) is 0. The van der Waals surface area contributed by atoms with Crippen LogP contribution in [0.3, 0.4) is 0 Å². The van der Waals surface area contributed by atoms with Crippen molar-refractivity contribution in [1.29, 1.82) is 0 Å². The Bertz CT molecular complexity index is 494. The number of nitrogens with two attached hydrogens (primary N) is 1. The second-order valence-electron chi connectivity index (χ2n) is 5.10. The van der Waals surface area contributed by atoms with Crippen LogP contribution in [0.4, 0.5) is 18.9 Å². The predicted molar refractivity (Wildman–Crippen MR) is 77.8 cm³/mol. The summed E-state index contributed by atoms with van der Waals surface area (Å²) in [6, 6.07) is 4.21. The molecule has 0 amide bonds. The lowest BCUT2D eigenvalue weighted by molar-refractivity contribution is -0.137. The third-order valence-electron chi connectivity index (χ3n) is 3.57. The van der Waals surface area contributed by atoms with Crippen LogP contribution in [0, 0.1) is 0 Å². The molecule has 0 bridgehead atoms. The predicted octanol–water partition coefficient (Wildman–Crippen LogP) is 4.08. The van der Waals surface area contributed by atoms with Crippen LogP contribution in [0.15, 0.2) is 18.2 Å². The highest BCUT2D eigenvalue weighted by molar-refractivity contribution is 7.80. The van der Waals surface area contributed by atoms with Crippen LogP contribution < -0.4 is 11.1 Å². The molecule has 0 radical (unpaired) electrons. The van der Waals surface area contributed by atoms with Gasteiger partial charge in [0.1, 0.15) is 4.99 Å². The van der Waals surface area contributed by atoms with E-state index in [1.165, 1.54) is 18.6 Å². The Balaban J connectivity index is 2.23. The van der Waals surface area contributed by atoms with Gasteiger partial charge in [0.2, 0.25) is 0 Å². The summed E-state index contributed by atoms with van der Waals surface area (Å²) in [5.41, 5.74) is 5.17. The normalized spacial score (nSPS) is 16.9. The van der Waals surface area contributed by atoms with Gasteiger partial charge in [-0.3, -0.25) is 0 Å². The Kier molecular flexibility index (Phi) is 4.52. The van der Waals surface area contributed by atoms with Crippen molar-refractivity contribution in [3.63, 3.8) is 0 Å². The maximum atomic E-state index is 12.9. The molecule has 1 fully saturated rings. The Morgan fingerprint density at radius 3 is 2.40 bits per heavy atom. The van der Waals surface area contributed by atoms with Gasteiger partial charge in [-0.2, -0.15) is 13.2 Å². The number of rotatable bonds is 3. The van der Waals surface area contributed by atoms with E-state index in [4.69, 9.17) is 18.0 Å². The Morgan fingerprint density at radius 2 is 1.85 bits per heavy atom. The van der Waals surface area contributed by atoms with Crippen LogP contribution in [0.25, 0.3) is 0 Å². The molecule has 0 atom stereocenters. The number of hydrogen-bond donors (Lipinski definition) is 2. The zero-order valence-electron chi connectivity index (χ0n) is 11.0. The number of thiocarbonyl (C=S) groups is 1. The second-order valence-corrected chi connectivity index (χ2v) is 5.54. The number of hydrogen-bond acceptors (Lipinski definition) is 2. The lowest BCUT2D eigenvalue weighted by Gasteiger charge is -2.24. The first-order valence-electron chi connectivity index (χ1n) is 6.65. The molecule has 1 aromatic carbocycles. The summed E-state index contributed by atoms with van der Waals surface area (Å²) in [7, 11) is 0. The van der Waals surface area contributed by atoms with Crippen molar-refractivity contribution in [1.82, 2.24) is 0 Å². The van der Waals surface area contributed by atoms with Crippen LogP contribution in [-0.4, -0.2) is 11.0 Å². The molecule has 0 spiro atoms. The van der Waals surface area contributed by atoms with Gasteiger partial charge in [0.05, 0.1) is 5.56 Å². The van der Waals surface area contributed by atoms with Gasteiger partial charge in [-0.15, -0.1) is 0 Å². The van der Waals surface area contributed by atoms with Crippen LogP contribution in [0.2, 0.25) is 0 Å². The summed E-state index contributed by atoms with van der Waals surface area (Å²) in [4.78, 5) is -0.232. The lowest BCUT2D eigenvalue weighted by atomic mass is 9.95. The first-order chi connectivity index (χ1) is 9.38. The minimum Gasteiger partial charge on any atom is -0.389 e. The first-order valence-corrected chi connectivity index (χ1v) is 7.06. The SMILES string of the molecule is NC(=S)c1cc(NC2CCCCC2)ccc1C(F)(F)F. The second kappa shape index (κ2) is 5.99. The van der Waals surface area contributed by atoms with E-state index in [2.05, 4.69) is 5.32 Å². The molecule has 0 aliphatic heterocycles. The average Bonchev–Trinajstić information content (AvgIpc) is 2.38. The van der Waals surface area contributed by atoms with Crippen molar-refractivity contribution in [2.45, 2.75) is 44.3 Å². The van der Waals surface area contributed by atoms with Crippen LogP contribution in [-0.2, 0) is 6.18 Å².